The van der Waals surface area contributed by atoms with Crippen LogP contribution in [-0.4, -0.2) is 4.98 Å². The van der Waals surface area contributed by atoms with Gasteiger partial charge in [-0.2, -0.15) is 0 Å². The molecule has 31 heavy (non-hydrogen) atoms. The molecular formula is C28H23NO2. The van der Waals surface area contributed by atoms with Crippen molar-refractivity contribution < 1.29 is 8.83 Å². The Morgan fingerprint density at radius 1 is 0.742 bits per heavy atom. The van der Waals surface area contributed by atoms with Crippen molar-refractivity contribution in [2.45, 2.75) is 33.1 Å². The highest BCUT2D eigenvalue weighted by Gasteiger charge is 2.21. The molecule has 0 N–H and O–H groups in total. The first-order valence-corrected chi connectivity index (χ1v) is 10.6. The molecule has 0 aliphatic rings. The summed E-state index contributed by atoms with van der Waals surface area (Å²) in [7, 11) is 0. The summed E-state index contributed by atoms with van der Waals surface area (Å²) >= 11 is 0. The number of aryl methyl sites for hydroxylation is 1. The molecule has 0 radical (unpaired) electrons. The zero-order chi connectivity index (χ0) is 21.3. The standard InChI is InChI=1S/C28H23NO2/c1-16-13-20-22(30-16)9-10-23-25(20)26-24(31-23)11-12-29-27(26)18-14-17-7-5-6-8-19(17)21(15-18)28(2,3)4/h5-15H,1-4H3. The molecule has 0 atom stereocenters. The maximum Gasteiger partial charge on any atom is 0.139 e. The third-order valence-corrected chi connectivity index (χ3v) is 6.11. The van der Waals surface area contributed by atoms with Crippen LogP contribution in [0.4, 0.5) is 0 Å². The van der Waals surface area contributed by atoms with Crippen molar-refractivity contribution in [1.82, 2.24) is 4.98 Å². The second-order valence-corrected chi connectivity index (χ2v) is 9.34. The van der Waals surface area contributed by atoms with Crippen molar-refractivity contribution in [3.05, 3.63) is 78.2 Å². The molecule has 0 aliphatic carbocycles. The number of nitrogens with zero attached hydrogens (tertiary/aromatic N) is 1. The van der Waals surface area contributed by atoms with Crippen molar-refractivity contribution in [3.8, 4) is 11.3 Å². The number of furan rings is 2. The Bertz CT molecular complexity index is 1630. The van der Waals surface area contributed by atoms with E-state index in [4.69, 9.17) is 13.8 Å². The molecule has 0 amide bonds. The Kier molecular flexibility index (Phi) is 3.64. The van der Waals surface area contributed by atoms with Gasteiger partial charge in [-0.25, -0.2) is 0 Å². The monoisotopic (exact) mass is 405 g/mol. The number of pyridine rings is 1. The van der Waals surface area contributed by atoms with E-state index in [1.165, 1.54) is 16.3 Å². The maximum absolute atomic E-state index is 6.24. The van der Waals surface area contributed by atoms with E-state index in [9.17, 15) is 0 Å². The molecule has 0 spiro atoms. The van der Waals surface area contributed by atoms with Crippen molar-refractivity contribution in [2.75, 3.05) is 0 Å². The van der Waals surface area contributed by atoms with E-state index in [1.54, 1.807) is 0 Å². The van der Waals surface area contributed by atoms with E-state index in [1.807, 2.05) is 31.3 Å². The van der Waals surface area contributed by atoms with Gasteiger partial charge in [-0.15, -0.1) is 0 Å². The Balaban J connectivity index is 1.76. The van der Waals surface area contributed by atoms with E-state index in [0.29, 0.717) is 0 Å². The van der Waals surface area contributed by atoms with Crippen LogP contribution in [0.25, 0.3) is 54.9 Å². The molecule has 0 saturated carbocycles. The number of rotatable bonds is 1. The van der Waals surface area contributed by atoms with E-state index in [-0.39, 0.29) is 5.41 Å². The van der Waals surface area contributed by atoms with Gasteiger partial charge < -0.3 is 8.83 Å². The van der Waals surface area contributed by atoms with Gasteiger partial charge in [0.2, 0.25) is 0 Å². The molecular weight excluding hydrogens is 382 g/mol. The molecule has 3 aromatic heterocycles. The molecule has 3 aromatic carbocycles. The minimum atomic E-state index is 0.0108. The van der Waals surface area contributed by atoms with Gasteiger partial charge >= 0.3 is 0 Å². The predicted molar refractivity (Wildman–Crippen MR) is 128 cm³/mol. The van der Waals surface area contributed by atoms with Gasteiger partial charge in [0.25, 0.3) is 0 Å². The Morgan fingerprint density at radius 3 is 2.35 bits per heavy atom. The van der Waals surface area contributed by atoms with Crippen LogP contribution in [0.3, 0.4) is 0 Å². The lowest BCUT2D eigenvalue weighted by Crippen LogP contribution is -2.12. The largest absolute Gasteiger partial charge is 0.461 e. The van der Waals surface area contributed by atoms with Crippen LogP contribution in [0.15, 0.2) is 75.7 Å². The van der Waals surface area contributed by atoms with Gasteiger partial charge in [-0.05, 0) is 65.1 Å². The fourth-order valence-corrected chi connectivity index (χ4v) is 4.74. The molecule has 152 valence electrons. The molecule has 0 fully saturated rings. The molecule has 0 saturated heterocycles. The maximum atomic E-state index is 6.24. The predicted octanol–water partition coefficient (Wildman–Crippen LogP) is 8.15. The summed E-state index contributed by atoms with van der Waals surface area (Å²) in [4.78, 5) is 4.85. The topological polar surface area (TPSA) is 39.2 Å². The lowest BCUT2D eigenvalue weighted by Gasteiger charge is -2.22. The second kappa shape index (κ2) is 6.21. The molecule has 6 aromatic rings. The Labute approximate surface area is 180 Å². The second-order valence-electron chi connectivity index (χ2n) is 9.34. The van der Waals surface area contributed by atoms with Gasteiger partial charge in [0, 0.05) is 22.5 Å². The van der Waals surface area contributed by atoms with Crippen molar-refractivity contribution in [1.29, 1.82) is 0 Å². The van der Waals surface area contributed by atoms with Crippen LogP contribution in [-0.2, 0) is 5.41 Å². The van der Waals surface area contributed by atoms with Crippen LogP contribution in [0.5, 0.6) is 0 Å². The van der Waals surface area contributed by atoms with Crippen LogP contribution >= 0.6 is 0 Å². The zero-order valence-electron chi connectivity index (χ0n) is 18.1. The first-order chi connectivity index (χ1) is 14.9. The lowest BCUT2D eigenvalue weighted by atomic mass is 9.82. The fourth-order valence-electron chi connectivity index (χ4n) is 4.74. The summed E-state index contributed by atoms with van der Waals surface area (Å²) in [6, 6.07) is 21.1. The highest BCUT2D eigenvalue weighted by molar-refractivity contribution is 6.21. The summed E-state index contributed by atoms with van der Waals surface area (Å²) in [6.07, 6.45) is 1.84. The lowest BCUT2D eigenvalue weighted by molar-refractivity contribution is 0.578. The van der Waals surface area contributed by atoms with E-state index < -0.39 is 0 Å². The van der Waals surface area contributed by atoms with Gasteiger partial charge in [0.05, 0.1) is 11.1 Å². The molecule has 0 bridgehead atoms. The highest BCUT2D eigenvalue weighted by atomic mass is 16.3. The van der Waals surface area contributed by atoms with E-state index in [2.05, 4.69) is 63.2 Å². The van der Waals surface area contributed by atoms with Crippen LogP contribution in [0.2, 0.25) is 0 Å². The quantitative estimate of drug-likeness (QED) is 0.277. The summed E-state index contributed by atoms with van der Waals surface area (Å²) in [5.41, 5.74) is 5.95. The third-order valence-electron chi connectivity index (χ3n) is 6.11. The summed E-state index contributed by atoms with van der Waals surface area (Å²) in [5.74, 6) is 0.892. The van der Waals surface area contributed by atoms with Crippen molar-refractivity contribution in [2.24, 2.45) is 0 Å². The summed E-state index contributed by atoms with van der Waals surface area (Å²) in [6.45, 7) is 8.76. The van der Waals surface area contributed by atoms with Crippen LogP contribution in [0, 0.1) is 6.92 Å². The Hall–Kier alpha value is -3.59. The summed E-state index contributed by atoms with van der Waals surface area (Å²) in [5, 5.41) is 5.69. The number of benzene rings is 3. The fraction of sp³-hybridized carbons (Fsp3) is 0.179. The molecule has 3 heteroatoms. The summed E-state index contributed by atoms with van der Waals surface area (Å²) < 4.78 is 12.1. The molecule has 3 nitrogen and oxygen atoms in total. The van der Waals surface area contributed by atoms with E-state index in [0.717, 1.165) is 49.9 Å². The molecule has 6 rings (SSSR count). The minimum Gasteiger partial charge on any atom is -0.461 e. The Morgan fingerprint density at radius 2 is 1.52 bits per heavy atom. The number of fused-ring (bicyclic) bond motifs is 6. The van der Waals surface area contributed by atoms with Gasteiger partial charge in [0.15, 0.2) is 0 Å². The average Bonchev–Trinajstić information content (AvgIpc) is 3.31. The SMILES string of the molecule is Cc1cc2c(ccc3oc4ccnc(-c5cc(C(C)(C)C)c6ccccc6c5)c4c32)o1. The molecule has 0 aliphatic heterocycles. The van der Waals surface area contributed by atoms with Gasteiger partial charge in [0.1, 0.15) is 22.5 Å². The molecule has 3 heterocycles. The number of hydrogen-bond donors (Lipinski definition) is 0. The van der Waals surface area contributed by atoms with Crippen molar-refractivity contribution >= 4 is 43.7 Å². The first kappa shape index (κ1) is 18.2. The number of hydrogen-bond acceptors (Lipinski definition) is 3. The van der Waals surface area contributed by atoms with Crippen molar-refractivity contribution in [3.63, 3.8) is 0 Å². The zero-order valence-corrected chi connectivity index (χ0v) is 18.1. The normalized spacial score (nSPS) is 12.5. The van der Waals surface area contributed by atoms with Gasteiger partial charge in [-0.1, -0.05) is 45.0 Å². The number of aromatic nitrogens is 1. The third kappa shape index (κ3) is 2.70. The minimum absolute atomic E-state index is 0.0108. The van der Waals surface area contributed by atoms with Gasteiger partial charge in [-0.3, -0.25) is 4.98 Å². The highest BCUT2D eigenvalue weighted by Crippen LogP contribution is 2.42. The van der Waals surface area contributed by atoms with Crippen LogP contribution < -0.4 is 0 Å². The van der Waals surface area contributed by atoms with Crippen LogP contribution in [0.1, 0.15) is 32.1 Å². The average molecular weight is 405 g/mol. The molecule has 0 unspecified atom stereocenters. The smallest absolute Gasteiger partial charge is 0.139 e. The van der Waals surface area contributed by atoms with E-state index >= 15 is 0 Å². The first-order valence-electron chi connectivity index (χ1n) is 10.6.